The Bertz CT molecular complexity index is 1280. The second-order valence-electron chi connectivity index (χ2n) is 7.43. The average Bonchev–Trinajstić information content (AvgIpc) is 3.23. The number of rotatable bonds is 7. The highest BCUT2D eigenvalue weighted by atomic mass is 32.1. The van der Waals surface area contributed by atoms with Gasteiger partial charge in [-0.05, 0) is 74.0 Å². The normalized spacial score (nSPS) is 11.3. The molecule has 0 atom stereocenters. The number of hydrazone groups is 1. The maximum absolute atomic E-state index is 13.4. The average molecular weight is 464 g/mol. The number of aromatic nitrogens is 1. The lowest BCUT2D eigenvalue weighted by Crippen LogP contribution is -2.25. The molecule has 1 amide bonds. The number of thiazole rings is 1. The Labute approximate surface area is 194 Å². The van der Waals surface area contributed by atoms with Crippen LogP contribution in [0.2, 0.25) is 0 Å². The Morgan fingerprint density at radius 2 is 1.76 bits per heavy atom. The van der Waals surface area contributed by atoms with Gasteiger partial charge < -0.3 is 9.47 Å². The molecular weight excluding hydrogens is 441 g/mol. The van der Waals surface area contributed by atoms with E-state index in [4.69, 9.17) is 9.47 Å². The summed E-state index contributed by atoms with van der Waals surface area (Å²) >= 11 is 1.32. The van der Waals surface area contributed by atoms with Gasteiger partial charge in [0.15, 0.2) is 0 Å². The molecule has 0 spiro atoms. The topological polar surface area (TPSA) is 64.0 Å². The molecule has 0 radical (unpaired) electrons. The van der Waals surface area contributed by atoms with Crippen molar-refractivity contribution in [3.05, 3.63) is 83.7 Å². The maximum atomic E-state index is 13.4. The monoisotopic (exact) mass is 463 g/mol. The lowest BCUT2D eigenvalue weighted by Gasteiger charge is -2.15. The molecule has 1 aromatic heterocycles. The summed E-state index contributed by atoms with van der Waals surface area (Å²) in [6.07, 6.45) is 1.53. The van der Waals surface area contributed by atoms with Crippen molar-refractivity contribution in [3.63, 3.8) is 0 Å². The van der Waals surface area contributed by atoms with Gasteiger partial charge in [0, 0.05) is 5.56 Å². The lowest BCUT2D eigenvalue weighted by atomic mass is 10.2. The molecule has 4 aromatic rings. The SMILES string of the molecule is COc1ccc2nc(N(/N=C/c3ccc(F)cc3)C(=O)c3ccc(OC(C)C)cc3)sc2c1. The molecule has 0 aliphatic rings. The van der Waals surface area contributed by atoms with Crippen LogP contribution in [-0.4, -0.2) is 30.3 Å². The van der Waals surface area contributed by atoms with Crippen LogP contribution in [0.25, 0.3) is 10.2 Å². The number of carbonyl (C=O) groups is 1. The zero-order chi connectivity index (χ0) is 23.4. The number of benzene rings is 3. The number of ether oxygens (including phenoxy) is 2. The van der Waals surface area contributed by atoms with Gasteiger partial charge >= 0.3 is 0 Å². The van der Waals surface area contributed by atoms with Crippen molar-refractivity contribution in [1.29, 1.82) is 0 Å². The molecule has 0 saturated heterocycles. The fraction of sp³-hybridized carbons (Fsp3) is 0.160. The molecule has 0 aliphatic carbocycles. The molecular formula is C25H22FN3O3S. The number of amides is 1. The minimum absolute atomic E-state index is 0.0306. The first-order valence-electron chi connectivity index (χ1n) is 10.3. The molecule has 0 N–H and O–H groups in total. The molecule has 4 rings (SSSR count). The summed E-state index contributed by atoms with van der Waals surface area (Å²) in [4.78, 5) is 18.0. The molecule has 168 valence electrons. The van der Waals surface area contributed by atoms with Crippen molar-refractivity contribution in [3.8, 4) is 11.5 Å². The second-order valence-corrected chi connectivity index (χ2v) is 8.44. The summed E-state index contributed by atoms with van der Waals surface area (Å²) < 4.78 is 25.1. The molecule has 33 heavy (non-hydrogen) atoms. The minimum Gasteiger partial charge on any atom is -0.497 e. The number of anilines is 1. The van der Waals surface area contributed by atoms with E-state index in [0.717, 1.165) is 10.2 Å². The standard InChI is InChI=1S/C25H22FN3O3S/c1-16(2)32-20-10-6-18(7-11-20)24(30)29(27-15-17-4-8-19(26)9-5-17)25-28-22-13-12-21(31-3)14-23(22)33-25/h4-16H,1-3H3/b27-15+. The third-order valence-corrected chi connectivity index (χ3v) is 5.62. The fourth-order valence-corrected chi connectivity index (χ4v) is 3.99. The second kappa shape index (κ2) is 9.79. The zero-order valence-corrected chi connectivity index (χ0v) is 19.2. The first-order chi connectivity index (χ1) is 15.9. The highest BCUT2D eigenvalue weighted by Crippen LogP contribution is 2.32. The van der Waals surface area contributed by atoms with Gasteiger partial charge in [0.05, 0.1) is 29.6 Å². The summed E-state index contributed by atoms with van der Waals surface area (Å²) in [5, 5.41) is 6.06. The first kappa shape index (κ1) is 22.4. The summed E-state index contributed by atoms with van der Waals surface area (Å²) in [6, 6.07) is 18.2. The minimum atomic E-state index is -0.351. The third kappa shape index (κ3) is 5.35. The summed E-state index contributed by atoms with van der Waals surface area (Å²) in [5.41, 5.74) is 1.81. The van der Waals surface area contributed by atoms with Crippen molar-refractivity contribution in [2.24, 2.45) is 5.10 Å². The largest absolute Gasteiger partial charge is 0.497 e. The van der Waals surface area contributed by atoms with Crippen molar-refractivity contribution in [2.45, 2.75) is 20.0 Å². The predicted octanol–water partition coefficient (Wildman–Crippen LogP) is 5.91. The summed E-state index contributed by atoms with van der Waals surface area (Å²) in [5.74, 6) is 0.681. The molecule has 0 unspecified atom stereocenters. The van der Waals surface area contributed by atoms with Crippen molar-refractivity contribution in [2.75, 3.05) is 12.1 Å². The highest BCUT2D eigenvalue weighted by Gasteiger charge is 2.21. The summed E-state index contributed by atoms with van der Waals surface area (Å²) in [6.45, 7) is 3.88. The Morgan fingerprint density at radius 1 is 1.06 bits per heavy atom. The van der Waals surface area contributed by atoms with Crippen LogP contribution in [0.3, 0.4) is 0 Å². The lowest BCUT2D eigenvalue weighted by molar-refractivity contribution is 0.0988. The Balaban J connectivity index is 1.70. The van der Waals surface area contributed by atoms with E-state index in [0.29, 0.717) is 27.8 Å². The van der Waals surface area contributed by atoms with Crippen molar-refractivity contribution >= 4 is 38.8 Å². The van der Waals surface area contributed by atoms with Crippen LogP contribution in [-0.2, 0) is 0 Å². The fourth-order valence-electron chi connectivity index (χ4n) is 3.04. The predicted molar refractivity (Wildman–Crippen MR) is 129 cm³/mol. The number of halogens is 1. The van der Waals surface area contributed by atoms with E-state index >= 15 is 0 Å². The number of hydrogen-bond acceptors (Lipinski definition) is 6. The first-order valence-corrected chi connectivity index (χ1v) is 11.1. The van der Waals surface area contributed by atoms with Gasteiger partial charge in [0.2, 0.25) is 5.13 Å². The quantitative estimate of drug-likeness (QED) is 0.252. The highest BCUT2D eigenvalue weighted by molar-refractivity contribution is 7.22. The van der Waals surface area contributed by atoms with E-state index in [2.05, 4.69) is 10.1 Å². The molecule has 0 fully saturated rings. The van der Waals surface area contributed by atoms with Gasteiger partial charge in [0.25, 0.3) is 5.91 Å². The van der Waals surface area contributed by atoms with Crippen LogP contribution in [0, 0.1) is 5.82 Å². The smallest absolute Gasteiger partial charge is 0.280 e. The van der Waals surface area contributed by atoms with E-state index in [1.54, 1.807) is 43.5 Å². The third-order valence-electron chi connectivity index (χ3n) is 4.62. The van der Waals surface area contributed by atoms with Gasteiger partial charge in [-0.1, -0.05) is 23.5 Å². The number of carbonyl (C=O) groups excluding carboxylic acids is 1. The van der Waals surface area contributed by atoms with Gasteiger partial charge in [-0.2, -0.15) is 10.1 Å². The van der Waals surface area contributed by atoms with E-state index in [1.165, 1.54) is 34.7 Å². The Morgan fingerprint density at radius 3 is 2.42 bits per heavy atom. The molecule has 0 aliphatic heterocycles. The number of hydrogen-bond donors (Lipinski definition) is 0. The van der Waals surface area contributed by atoms with E-state index < -0.39 is 0 Å². The Hall–Kier alpha value is -3.78. The van der Waals surface area contributed by atoms with Gasteiger partial charge in [-0.15, -0.1) is 0 Å². The number of methoxy groups -OCH3 is 1. The summed E-state index contributed by atoms with van der Waals surface area (Å²) in [7, 11) is 1.60. The molecule has 8 heteroatoms. The molecule has 0 bridgehead atoms. The van der Waals surface area contributed by atoms with Crippen LogP contribution >= 0.6 is 11.3 Å². The molecule has 0 saturated carbocycles. The van der Waals surface area contributed by atoms with Crippen LogP contribution < -0.4 is 14.5 Å². The van der Waals surface area contributed by atoms with Gasteiger partial charge in [-0.3, -0.25) is 4.79 Å². The zero-order valence-electron chi connectivity index (χ0n) is 18.4. The van der Waals surface area contributed by atoms with E-state index in [1.807, 2.05) is 32.0 Å². The van der Waals surface area contributed by atoms with Gasteiger partial charge in [0.1, 0.15) is 17.3 Å². The van der Waals surface area contributed by atoms with Crippen LogP contribution in [0.1, 0.15) is 29.8 Å². The van der Waals surface area contributed by atoms with Crippen LogP contribution in [0.15, 0.2) is 71.8 Å². The van der Waals surface area contributed by atoms with Crippen LogP contribution in [0.5, 0.6) is 11.5 Å². The molecule has 6 nitrogen and oxygen atoms in total. The van der Waals surface area contributed by atoms with E-state index in [-0.39, 0.29) is 17.8 Å². The maximum Gasteiger partial charge on any atom is 0.280 e. The Kier molecular flexibility index (Phi) is 6.65. The van der Waals surface area contributed by atoms with E-state index in [9.17, 15) is 9.18 Å². The molecule has 1 heterocycles. The number of nitrogens with zero attached hydrogens (tertiary/aromatic N) is 3. The van der Waals surface area contributed by atoms with Crippen molar-refractivity contribution < 1.29 is 18.7 Å². The van der Waals surface area contributed by atoms with Crippen LogP contribution in [0.4, 0.5) is 9.52 Å². The van der Waals surface area contributed by atoms with Gasteiger partial charge in [-0.25, -0.2) is 9.37 Å². The molecule has 3 aromatic carbocycles. The van der Waals surface area contributed by atoms with Crippen molar-refractivity contribution in [1.82, 2.24) is 4.98 Å². The number of fused-ring (bicyclic) bond motifs is 1.